The van der Waals surface area contributed by atoms with Crippen LogP contribution in [0.1, 0.15) is 24.2 Å². The van der Waals surface area contributed by atoms with Crippen molar-refractivity contribution in [3.8, 4) is 0 Å². The zero-order valence-corrected chi connectivity index (χ0v) is 14.3. The number of sulfonamides is 1. The number of nitrogens with one attached hydrogen (secondary N) is 2. The molecule has 128 valence electrons. The van der Waals surface area contributed by atoms with Gasteiger partial charge in [0.25, 0.3) is 15.9 Å². The van der Waals surface area contributed by atoms with Gasteiger partial charge in [0.1, 0.15) is 6.04 Å². The summed E-state index contributed by atoms with van der Waals surface area (Å²) in [5.41, 5.74) is 0.131. The summed E-state index contributed by atoms with van der Waals surface area (Å²) >= 11 is 0. The molecular weight excluding hydrogens is 322 g/mol. The second-order valence-corrected chi connectivity index (χ2v) is 6.65. The third-order valence-electron chi connectivity index (χ3n) is 3.08. The molecule has 0 aromatic heterocycles. The molecular formula is C14H21N3O5S. The Labute approximate surface area is 135 Å². The van der Waals surface area contributed by atoms with Crippen LogP contribution in [0.3, 0.4) is 0 Å². The molecule has 0 spiro atoms. The Morgan fingerprint density at radius 3 is 2.57 bits per heavy atom. The third kappa shape index (κ3) is 4.75. The predicted molar refractivity (Wildman–Crippen MR) is 84.0 cm³/mol. The molecule has 0 saturated carbocycles. The lowest BCUT2D eigenvalue weighted by Crippen LogP contribution is -2.44. The van der Waals surface area contributed by atoms with Crippen LogP contribution in [0.25, 0.3) is 0 Å². The maximum atomic E-state index is 12.2. The van der Waals surface area contributed by atoms with Gasteiger partial charge < -0.3 is 10.6 Å². The zero-order valence-electron chi connectivity index (χ0n) is 13.5. The molecule has 0 aliphatic heterocycles. The average Bonchev–Trinajstić information content (AvgIpc) is 2.54. The van der Waals surface area contributed by atoms with Gasteiger partial charge >= 0.3 is 0 Å². The topological polar surface area (TPSA) is 105 Å². The molecule has 2 amide bonds. The molecule has 1 aromatic rings. The van der Waals surface area contributed by atoms with Crippen molar-refractivity contribution in [3.63, 3.8) is 0 Å². The van der Waals surface area contributed by atoms with Gasteiger partial charge in [-0.25, -0.2) is 8.42 Å². The van der Waals surface area contributed by atoms with Crippen molar-refractivity contribution < 1.29 is 22.8 Å². The smallest absolute Gasteiger partial charge is 0.264 e. The Hall–Kier alpha value is -1.97. The van der Waals surface area contributed by atoms with Crippen LogP contribution in [0.4, 0.5) is 0 Å². The fourth-order valence-corrected chi connectivity index (χ4v) is 2.74. The number of carbonyl (C=O) groups is 2. The lowest BCUT2D eigenvalue weighted by Gasteiger charge is -2.16. The van der Waals surface area contributed by atoms with E-state index in [0.29, 0.717) is 11.0 Å². The summed E-state index contributed by atoms with van der Waals surface area (Å²) in [6.07, 6.45) is 0. The SMILES string of the molecule is CCNC(=O)[C@@H](C)NC(=O)c1cccc(S(=O)(=O)N(C)OC)c1. The molecule has 2 N–H and O–H groups in total. The van der Waals surface area contributed by atoms with Crippen LogP contribution in [0.15, 0.2) is 29.2 Å². The van der Waals surface area contributed by atoms with Crippen LogP contribution in [0.5, 0.6) is 0 Å². The molecule has 23 heavy (non-hydrogen) atoms. The molecule has 0 bridgehead atoms. The standard InChI is InChI=1S/C14H21N3O5S/c1-5-15-13(18)10(2)16-14(19)11-7-6-8-12(9-11)23(20,21)17(3)22-4/h6-10H,5H2,1-4H3,(H,15,18)(H,16,19)/t10-/m1/s1. The van der Waals surface area contributed by atoms with Crippen molar-refractivity contribution in [1.29, 1.82) is 0 Å². The number of benzene rings is 1. The highest BCUT2D eigenvalue weighted by Gasteiger charge is 2.22. The third-order valence-corrected chi connectivity index (χ3v) is 4.76. The van der Waals surface area contributed by atoms with Crippen molar-refractivity contribution >= 4 is 21.8 Å². The molecule has 1 rings (SSSR count). The van der Waals surface area contributed by atoms with E-state index >= 15 is 0 Å². The van der Waals surface area contributed by atoms with Gasteiger partial charge in [-0.15, -0.1) is 0 Å². The van der Waals surface area contributed by atoms with E-state index < -0.39 is 22.0 Å². The van der Waals surface area contributed by atoms with Gasteiger partial charge in [0.2, 0.25) is 5.91 Å². The maximum absolute atomic E-state index is 12.2. The van der Waals surface area contributed by atoms with Crippen LogP contribution >= 0.6 is 0 Å². The normalized spacial score (nSPS) is 12.7. The molecule has 0 radical (unpaired) electrons. The maximum Gasteiger partial charge on any atom is 0.264 e. The Bertz CT molecular complexity index is 675. The molecule has 1 atom stereocenters. The highest BCUT2D eigenvalue weighted by atomic mass is 32.2. The number of hydrogen-bond donors (Lipinski definition) is 2. The number of hydrogen-bond acceptors (Lipinski definition) is 5. The van der Waals surface area contributed by atoms with E-state index in [-0.39, 0.29) is 16.4 Å². The molecule has 8 nitrogen and oxygen atoms in total. The quantitative estimate of drug-likeness (QED) is 0.685. The van der Waals surface area contributed by atoms with Crippen LogP contribution in [0, 0.1) is 0 Å². The summed E-state index contributed by atoms with van der Waals surface area (Å²) in [5.74, 6) is -0.857. The van der Waals surface area contributed by atoms with Gasteiger partial charge in [0.15, 0.2) is 0 Å². The molecule has 0 heterocycles. The Kier molecular flexibility index (Phi) is 6.67. The fraction of sp³-hybridized carbons (Fsp3) is 0.429. The number of hydroxylamine groups is 1. The molecule has 9 heteroatoms. The van der Waals surface area contributed by atoms with E-state index in [1.807, 2.05) is 0 Å². The summed E-state index contributed by atoms with van der Waals surface area (Å²) in [4.78, 5) is 28.4. The van der Waals surface area contributed by atoms with E-state index in [2.05, 4.69) is 15.5 Å². The highest BCUT2D eigenvalue weighted by Crippen LogP contribution is 2.16. The molecule has 0 fully saturated rings. The Morgan fingerprint density at radius 2 is 2.00 bits per heavy atom. The summed E-state index contributed by atoms with van der Waals surface area (Å²) in [7, 11) is -1.37. The highest BCUT2D eigenvalue weighted by molar-refractivity contribution is 7.89. The van der Waals surface area contributed by atoms with E-state index in [0.717, 1.165) is 0 Å². The van der Waals surface area contributed by atoms with Crippen molar-refractivity contribution in [2.24, 2.45) is 0 Å². The van der Waals surface area contributed by atoms with Gasteiger partial charge in [0, 0.05) is 19.2 Å². The van der Waals surface area contributed by atoms with Gasteiger partial charge in [-0.2, -0.15) is 0 Å². The van der Waals surface area contributed by atoms with E-state index in [4.69, 9.17) is 0 Å². The first-order valence-electron chi connectivity index (χ1n) is 6.95. The number of nitrogens with zero attached hydrogens (tertiary/aromatic N) is 1. The van der Waals surface area contributed by atoms with Crippen molar-refractivity contribution in [2.75, 3.05) is 20.7 Å². The van der Waals surface area contributed by atoms with Gasteiger partial charge in [-0.1, -0.05) is 10.5 Å². The molecule has 0 aliphatic rings. The monoisotopic (exact) mass is 343 g/mol. The summed E-state index contributed by atoms with van der Waals surface area (Å²) in [5, 5.41) is 5.10. The number of rotatable bonds is 7. The van der Waals surface area contributed by atoms with Gasteiger partial charge in [0.05, 0.1) is 12.0 Å². The van der Waals surface area contributed by atoms with E-state index in [9.17, 15) is 18.0 Å². The van der Waals surface area contributed by atoms with E-state index in [1.165, 1.54) is 38.4 Å². The first kappa shape index (κ1) is 19.1. The second kappa shape index (κ2) is 8.04. The minimum absolute atomic E-state index is 0.0832. The largest absolute Gasteiger partial charge is 0.355 e. The lowest BCUT2D eigenvalue weighted by atomic mass is 10.2. The predicted octanol–water partition coefficient (Wildman–Crippen LogP) is 0.123. The van der Waals surface area contributed by atoms with Crippen LogP contribution in [0.2, 0.25) is 0 Å². The van der Waals surface area contributed by atoms with Crippen LogP contribution in [-0.2, 0) is 19.7 Å². The van der Waals surface area contributed by atoms with Crippen LogP contribution < -0.4 is 10.6 Å². The molecule has 0 saturated heterocycles. The molecule has 0 aliphatic carbocycles. The number of likely N-dealkylation sites (N-methyl/N-ethyl adjacent to an activating group) is 1. The Morgan fingerprint density at radius 1 is 1.35 bits per heavy atom. The van der Waals surface area contributed by atoms with E-state index in [1.54, 1.807) is 13.8 Å². The minimum Gasteiger partial charge on any atom is -0.355 e. The zero-order chi connectivity index (χ0) is 17.6. The van der Waals surface area contributed by atoms with Gasteiger partial charge in [-0.3, -0.25) is 14.4 Å². The summed E-state index contributed by atoms with van der Waals surface area (Å²) in [6, 6.07) is 4.76. The van der Waals surface area contributed by atoms with Crippen molar-refractivity contribution in [2.45, 2.75) is 24.8 Å². The lowest BCUT2D eigenvalue weighted by molar-refractivity contribution is -0.122. The molecule has 1 aromatic carbocycles. The first-order chi connectivity index (χ1) is 10.7. The van der Waals surface area contributed by atoms with Crippen molar-refractivity contribution in [3.05, 3.63) is 29.8 Å². The van der Waals surface area contributed by atoms with Crippen molar-refractivity contribution in [1.82, 2.24) is 15.1 Å². The number of carbonyl (C=O) groups excluding carboxylic acids is 2. The van der Waals surface area contributed by atoms with Gasteiger partial charge in [-0.05, 0) is 32.0 Å². The summed E-state index contributed by atoms with van der Waals surface area (Å²) < 4.78 is 25.0. The fourth-order valence-electron chi connectivity index (χ4n) is 1.72. The summed E-state index contributed by atoms with van der Waals surface area (Å²) in [6.45, 7) is 3.77. The number of amides is 2. The second-order valence-electron chi connectivity index (χ2n) is 4.71. The first-order valence-corrected chi connectivity index (χ1v) is 8.39. The van der Waals surface area contributed by atoms with Crippen LogP contribution in [-0.4, -0.2) is 51.4 Å². The average molecular weight is 343 g/mol. The minimum atomic E-state index is -3.85. The molecule has 0 unspecified atom stereocenters. The Balaban J connectivity index is 2.97.